The van der Waals surface area contributed by atoms with Gasteiger partial charge in [0.05, 0.1) is 0 Å². The molecule has 1 saturated heterocycles. The lowest BCUT2D eigenvalue weighted by molar-refractivity contribution is -0.671. The Bertz CT molecular complexity index is 702. The second-order valence-electron chi connectivity index (χ2n) is 6.10. The first-order valence-electron chi connectivity index (χ1n) is 8.04. The van der Waals surface area contributed by atoms with Gasteiger partial charge in [0.25, 0.3) is 11.8 Å². The summed E-state index contributed by atoms with van der Waals surface area (Å²) in [4.78, 5) is 28.7. The second kappa shape index (κ2) is 6.78. The van der Waals surface area contributed by atoms with E-state index in [4.69, 9.17) is 0 Å². The van der Waals surface area contributed by atoms with Gasteiger partial charge in [0.1, 0.15) is 25.2 Å². The lowest BCUT2D eigenvalue weighted by atomic mass is 10.2. The Morgan fingerprint density at radius 3 is 1.50 bits per heavy atom. The van der Waals surface area contributed by atoms with Gasteiger partial charge < -0.3 is 9.80 Å². The van der Waals surface area contributed by atoms with E-state index in [0.29, 0.717) is 37.3 Å². The van der Waals surface area contributed by atoms with Crippen LogP contribution >= 0.6 is 0 Å². The van der Waals surface area contributed by atoms with Crippen molar-refractivity contribution in [1.82, 2.24) is 9.80 Å². The van der Waals surface area contributed by atoms with Crippen LogP contribution in [0.1, 0.15) is 20.7 Å². The molecular weight excluding hydrogens is 304 g/mol. The minimum Gasteiger partial charge on any atom is -0.335 e. The Kier molecular flexibility index (Phi) is 4.55. The molecule has 2 aromatic rings. The molecule has 24 heavy (non-hydrogen) atoms. The Morgan fingerprint density at radius 2 is 1.17 bits per heavy atom. The van der Waals surface area contributed by atoms with Crippen molar-refractivity contribution in [2.45, 2.75) is 0 Å². The highest BCUT2D eigenvalue weighted by atomic mass is 16.2. The zero-order chi connectivity index (χ0) is 17.1. The van der Waals surface area contributed by atoms with Crippen LogP contribution in [-0.4, -0.2) is 47.8 Å². The van der Waals surface area contributed by atoms with Crippen molar-refractivity contribution < 1.29 is 18.7 Å². The fourth-order valence-electron chi connectivity index (χ4n) is 2.91. The van der Waals surface area contributed by atoms with Gasteiger partial charge in [-0.2, -0.15) is 0 Å². The summed E-state index contributed by atoms with van der Waals surface area (Å²) in [7, 11) is 3.79. The van der Waals surface area contributed by atoms with Crippen LogP contribution in [0.5, 0.6) is 0 Å². The van der Waals surface area contributed by atoms with E-state index in [0.717, 1.165) is 0 Å². The van der Waals surface area contributed by atoms with E-state index in [1.807, 2.05) is 82.1 Å². The van der Waals surface area contributed by atoms with E-state index in [2.05, 4.69) is 0 Å². The highest BCUT2D eigenvalue weighted by Crippen LogP contribution is 2.10. The summed E-state index contributed by atoms with van der Waals surface area (Å²) >= 11 is 0. The van der Waals surface area contributed by atoms with E-state index in [1.54, 1.807) is 0 Å². The molecule has 6 nitrogen and oxygen atoms in total. The zero-order valence-corrected chi connectivity index (χ0v) is 14.1. The second-order valence-corrected chi connectivity index (χ2v) is 6.10. The molecule has 0 aromatic carbocycles. The standard InChI is InChI=1S/C18H22N4O2/c1-19-7-3-5-15(13-19)17(23)21-9-11-22(12-10-21)18(24)16-6-4-8-20(2)14-16/h3-8,13-14H,9-12H2,1-2H3/q+2. The van der Waals surface area contributed by atoms with Crippen LogP contribution in [0.25, 0.3) is 0 Å². The van der Waals surface area contributed by atoms with Gasteiger partial charge in [-0.1, -0.05) is 0 Å². The van der Waals surface area contributed by atoms with Gasteiger partial charge in [0.2, 0.25) is 0 Å². The van der Waals surface area contributed by atoms with Crippen molar-refractivity contribution in [2.75, 3.05) is 26.2 Å². The maximum atomic E-state index is 12.5. The van der Waals surface area contributed by atoms with Crippen molar-refractivity contribution >= 4 is 11.8 Å². The SMILES string of the molecule is C[n+]1cccc(C(=O)N2CCN(C(=O)c3ccc[n+](C)c3)CC2)c1. The first kappa shape index (κ1) is 16.1. The average molecular weight is 326 g/mol. The fraction of sp³-hybridized carbons (Fsp3) is 0.333. The molecule has 2 amide bonds. The molecule has 0 atom stereocenters. The van der Waals surface area contributed by atoms with E-state index in [-0.39, 0.29) is 11.8 Å². The van der Waals surface area contributed by atoms with Crippen LogP contribution in [0.3, 0.4) is 0 Å². The van der Waals surface area contributed by atoms with E-state index in [1.165, 1.54) is 0 Å². The normalized spacial score (nSPS) is 14.6. The maximum absolute atomic E-state index is 12.5. The molecule has 0 radical (unpaired) electrons. The highest BCUT2D eigenvalue weighted by molar-refractivity contribution is 5.95. The summed E-state index contributed by atoms with van der Waals surface area (Å²) in [6.45, 7) is 2.23. The van der Waals surface area contributed by atoms with Crippen molar-refractivity contribution in [3.63, 3.8) is 0 Å². The van der Waals surface area contributed by atoms with Crippen molar-refractivity contribution in [3.8, 4) is 0 Å². The number of aryl methyl sites for hydroxylation is 2. The highest BCUT2D eigenvalue weighted by Gasteiger charge is 2.27. The number of nitrogens with zero attached hydrogens (tertiary/aromatic N) is 4. The summed E-state index contributed by atoms with van der Waals surface area (Å²) in [5.41, 5.74) is 1.35. The van der Waals surface area contributed by atoms with Crippen LogP contribution in [0, 0.1) is 0 Å². The first-order valence-corrected chi connectivity index (χ1v) is 8.04. The number of amides is 2. The molecule has 0 bridgehead atoms. The van der Waals surface area contributed by atoms with Gasteiger partial charge in [-0.25, -0.2) is 9.13 Å². The topological polar surface area (TPSA) is 48.4 Å². The third-order valence-electron chi connectivity index (χ3n) is 4.23. The van der Waals surface area contributed by atoms with Crippen LogP contribution in [0.2, 0.25) is 0 Å². The van der Waals surface area contributed by atoms with Crippen molar-refractivity contribution in [1.29, 1.82) is 0 Å². The number of hydrogen-bond acceptors (Lipinski definition) is 2. The molecule has 0 unspecified atom stereocenters. The summed E-state index contributed by atoms with van der Waals surface area (Å²) < 4.78 is 3.73. The van der Waals surface area contributed by atoms with E-state index >= 15 is 0 Å². The Balaban J connectivity index is 1.63. The molecule has 1 aliphatic heterocycles. The Hall–Kier alpha value is -2.76. The third-order valence-corrected chi connectivity index (χ3v) is 4.23. The van der Waals surface area contributed by atoms with Crippen molar-refractivity contribution in [3.05, 3.63) is 60.2 Å². The molecular formula is C18H22N4O2+2. The lowest BCUT2D eigenvalue weighted by Crippen LogP contribution is -2.51. The molecule has 1 fully saturated rings. The lowest BCUT2D eigenvalue weighted by Gasteiger charge is -2.34. The smallest absolute Gasteiger partial charge is 0.260 e. The minimum absolute atomic E-state index is 0.0180. The molecule has 0 saturated carbocycles. The van der Waals surface area contributed by atoms with Crippen LogP contribution in [0.15, 0.2) is 49.1 Å². The van der Waals surface area contributed by atoms with Gasteiger partial charge in [-0.15, -0.1) is 0 Å². The van der Waals surface area contributed by atoms with E-state index in [9.17, 15) is 9.59 Å². The van der Waals surface area contributed by atoms with Gasteiger partial charge in [0, 0.05) is 38.3 Å². The van der Waals surface area contributed by atoms with E-state index < -0.39 is 0 Å². The number of aromatic nitrogens is 2. The van der Waals surface area contributed by atoms with Crippen LogP contribution in [0.4, 0.5) is 0 Å². The number of hydrogen-bond donors (Lipinski definition) is 0. The number of pyridine rings is 2. The van der Waals surface area contributed by atoms with Gasteiger partial charge in [-0.05, 0) is 12.1 Å². The molecule has 3 rings (SSSR count). The minimum atomic E-state index is 0.0180. The van der Waals surface area contributed by atoms with Gasteiger partial charge >= 0.3 is 0 Å². The maximum Gasteiger partial charge on any atom is 0.260 e. The first-order chi connectivity index (χ1) is 11.5. The monoisotopic (exact) mass is 326 g/mol. The molecule has 0 spiro atoms. The largest absolute Gasteiger partial charge is 0.335 e. The van der Waals surface area contributed by atoms with Crippen LogP contribution < -0.4 is 9.13 Å². The summed E-state index contributed by atoms with van der Waals surface area (Å²) in [5, 5.41) is 0. The third kappa shape index (κ3) is 3.42. The zero-order valence-electron chi connectivity index (χ0n) is 14.1. The number of carbonyl (C=O) groups excluding carboxylic acids is 2. The quantitative estimate of drug-likeness (QED) is 0.726. The summed E-state index contributed by atoms with van der Waals surface area (Å²) in [6, 6.07) is 7.37. The molecule has 0 N–H and O–H groups in total. The van der Waals surface area contributed by atoms with Gasteiger partial charge in [0.15, 0.2) is 24.8 Å². The number of carbonyl (C=O) groups is 2. The predicted octanol–water partition coefficient (Wildman–Crippen LogP) is -0.0662. The molecule has 1 aliphatic rings. The summed E-state index contributed by atoms with van der Waals surface area (Å²) in [5.74, 6) is 0.0359. The number of rotatable bonds is 2. The molecule has 6 heteroatoms. The molecule has 2 aromatic heterocycles. The predicted molar refractivity (Wildman–Crippen MR) is 87.0 cm³/mol. The summed E-state index contributed by atoms with van der Waals surface area (Å²) in [6.07, 6.45) is 7.44. The number of piperazine rings is 1. The molecule has 0 aliphatic carbocycles. The average Bonchev–Trinajstić information content (AvgIpc) is 2.60. The Morgan fingerprint density at radius 1 is 0.792 bits per heavy atom. The fourth-order valence-corrected chi connectivity index (χ4v) is 2.91. The Labute approximate surface area is 141 Å². The van der Waals surface area contributed by atoms with Crippen LogP contribution in [-0.2, 0) is 14.1 Å². The van der Waals surface area contributed by atoms with Crippen molar-refractivity contribution in [2.24, 2.45) is 14.1 Å². The molecule has 3 heterocycles. The van der Waals surface area contributed by atoms with Gasteiger partial charge in [-0.3, -0.25) is 9.59 Å². The molecule has 124 valence electrons.